The molecule has 0 saturated heterocycles. The van der Waals surface area contributed by atoms with E-state index < -0.39 is 0 Å². The number of hydrogen-bond donors (Lipinski definition) is 2. The topological polar surface area (TPSA) is 55.1 Å². The van der Waals surface area contributed by atoms with E-state index >= 15 is 0 Å². The standard InChI is InChI=1S/C15H14N2OS2/c1-9(10-2-4-11(16)5-3-10)17-15(18)14-8-13-12(20-14)6-7-19-13/h2-9H,16H2,1H3,(H,17,18). The highest BCUT2D eigenvalue weighted by Gasteiger charge is 2.14. The Morgan fingerprint density at radius 2 is 1.95 bits per heavy atom. The van der Waals surface area contributed by atoms with Gasteiger partial charge >= 0.3 is 0 Å². The number of carbonyl (C=O) groups excluding carboxylic acids is 1. The predicted octanol–water partition coefficient (Wildman–Crippen LogP) is 4.04. The van der Waals surface area contributed by atoms with E-state index in [2.05, 4.69) is 5.32 Å². The number of amides is 1. The molecule has 0 spiro atoms. The van der Waals surface area contributed by atoms with Crippen molar-refractivity contribution in [2.45, 2.75) is 13.0 Å². The summed E-state index contributed by atoms with van der Waals surface area (Å²) in [6.07, 6.45) is 0. The Bertz CT molecular complexity index is 714. The van der Waals surface area contributed by atoms with Crippen molar-refractivity contribution >= 4 is 43.7 Å². The van der Waals surface area contributed by atoms with Gasteiger partial charge in [0.2, 0.25) is 0 Å². The van der Waals surface area contributed by atoms with Gasteiger partial charge in [-0.15, -0.1) is 22.7 Å². The number of nitrogens with one attached hydrogen (secondary N) is 1. The molecular formula is C15H14N2OS2. The SMILES string of the molecule is CC(NC(=O)c1cc2sccc2s1)c1ccc(N)cc1. The van der Waals surface area contributed by atoms with Crippen LogP contribution < -0.4 is 11.1 Å². The maximum absolute atomic E-state index is 12.2. The summed E-state index contributed by atoms with van der Waals surface area (Å²) in [7, 11) is 0. The highest BCUT2D eigenvalue weighted by Crippen LogP contribution is 2.30. The first-order valence-corrected chi connectivity index (χ1v) is 7.96. The summed E-state index contributed by atoms with van der Waals surface area (Å²) in [6.45, 7) is 1.97. The average Bonchev–Trinajstić information content (AvgIpc) is 2.99. The molecule has 0 radical (unpaired) electrons. The molecule has 1 atom stereocenters. The summed E-state index contributed by atoms with van der Waals surface area (Å²) in [5.74, 6) is -0.0253. The van der Waals surface area contributed by atoms with Crippen molar-refractivity contribution in [2.75, 3.05) is 5.73 Å². The van der Waals surface area contributed by atoms with E-state index in [-0.39, 0.29) is 11.9 Å². The van der Waals surface area contributed by atoms with Crippen LogP contribution in [0.15, 0.2) is 41.8 Å². The van der Waals surface area contributed by atoms with Crippen molar-refractivity contribution in [3.8, 4) is 0 Å². The Hall–Kier alpha value is -1.85. The van der Waals surface area contributed by atoms with Crippen molar-refractivity contribution < 1.29 is 4.79 Å². The van der Waals surface area contributed by atoms with E-state index in [1.165, 1.54) is 20.7 Å². The zero-order valence-corrected chi connectivity index (χ0v) is 12.6. The fourth-order valence-corrected chi connectivity index (χ4v) is 4.03. The normalized spacial score (nSPS) is 12.4. The van der Waals surface area contributed by atoms with Crippen LogP contribution in [0.25, 0.3) is 9.40 Å². The van der Waals surface area contributed by atoms with Gasteiger partial charge in [-0.2, -0.15) is 0 Å². The number of benzene rings is 1. The minimum Gasteiger partial charge on any atom is -0.399 e. The number of nitrogen functional groups attached to an aromatic ring is 1. The summed E-state index contributed by atoms with van der Waals surface area (Å²) in [4.78, 5) is 13.0. The lowest BCUT2D eigenvalue weighted by Gasteiger charge is -2.13. The quantitative estimate of drug-likeness (QED) is 0.718. The van der Waals surface area contributed by atoms with Crippen LogP contribution in [0.1, 0.15) is 28.2 Å². The summed E-state index contributed by atoms with van der Waals surface area (Å²) >= 11 is 3.19. The molecule has 3 nitrogen and oxygen atoms in total. The van der Waals surface area contributed by atoms with Crippen LogP contribution in [-0.4, -0.2) is 5.91 Å². The van der Waals surface area contributed by atoms with Crippen LogP contribution >= 0.6 is 22.7 Å². The molecule has 2 heterocycles. The third-order valence-electron chi connectivity index (χ3n) is 3.15. The Morgan fingerprint density at radius 3 is 2.65 bits per heavy atom. The number of nitrogens with two attached hydrogens (primary N) is 1. The van der Waals surface area contributed by atoms with Gasteiger partial charge in [0.05, 0.1) is 10.9 Å². The van der Waals surface area contributed by atoms with Crippen LogP contribution in [0.2, 0.25) is 0 Å². The van der Waals surface area contributed by atoms with E-state index in [0.717, 1.165) is 16.1 Å². The minimum absolute atomic E-state index is 0.0253. The zero-order valence-electron chi connectivity index (χ0n) is 10.9. The molecule has 102 valence electrons. The number of carbonyl (C=O) groups is 1. The third kappa shape index (κ3) is 2.55. The maximum Gasteiger partial charge on any atom is 0.261 e. The number of rotatable bonds is 3. The van der Waals surface area contributed by atoms with Crippen molar-refractivity contribution in [1.29, 1.82) is 0 Å². The molecule has 5 heteroatoms. The van der Waals surface area contributed by atoms with Gasteiger partial charge in [0.15, 0.2) is 0 Å². The van der Waals surface area contributed by atoms with Gasteiger partial charge in [-0.25, -0.2) is 0 Å². The van der Waals surface area contributed by atoms with Crippen molar-refractivity contribution in [2.24, 2.45) is 0 Å². The Kier molecular flexibility index (Phi) is 3.46. The van der Waals surface area contributed by atoms with Gasteiger partial charge in [-0.1, -0.05) is 12.1 Å². The van der Waals surface area contributed by atoms with Gasteiger partial charge in [-0.3, -0.25) is 4.79 Å². The van der Waals surface area contributed by atoms with E-state index in [0.29, 0.717) is 0 Å². The monoisotopic (exact) mass is 302 g/mol. The smallest absolute Gasteiger partial charge is 0.261 e. The minimum atomic E-state index is -0.0387. The summed E-state index contributed by atoms with van der Waals surface area (Å²) in [5.41, 5.74) is 7.44. The van der Waals surface area contributed by atoms with Gasteiger partial charge in [-0.05, 0) is 42.1 Å². The summed E-state index contributed by atoms with van der Waals surface area (Å²) < 4.78 is 2.33. The van der Waals surface area contributed by atoms with Crippen LogP contribution in [0, 0.1) is 0 Å². The van der Waals surface area contributed by atoms with E-state index in [9.17, 15) is 4.79 Å². The maximum atomic E-state index is 12.2. The molecule has 0 aliphatic rings. The molecule has 0 aliphatic heterocycles. The lowest BCUT2D eigenvalue weighted by Crippen LogP contribution is -2.25. The molecule has 1 amide bonds. The Labute approximate surface area is 125 Å². The van der Waals surface area contributed by atoms with Crippen molar-refractivity contribution in [3.05, 3.63) is 52.2 Å². The molecular weight excluding hydrogens is 288 g/mol. The second-order valence-corrected chi connectivity index (χ2v) is 6.65. The first-order chi connectivity index (χ1) is 9.63. The fraction of sp³-hybridized carbons (Fsp3) is 0.133. The molecule has 0 saturated carbocycles. The lowest BCUT2D eigenvalue weighted by atomic mass is 10.1. The first kappa shape index (κ1) is 13.1. The number of hydrogen-bond acceptors (Lipinski definition) is 4. The van der Waals surface area contributed by atoms with Gasteiger partial charge < -0.3 is 11.1 Å². The molecule has 0 bridgehead atoms. The van der Waals surface area contributed by atoms with Gasteiger partial charge in [0.25, 0.3) is 5.91 Å². The van der Waals surface area contributed by atoms with Crippen molar-refractivity contribution in [1.82, 2.24) is 5.32 Å². The highest BCUT2D eigenvalue weighted by molar-refractivity contribution is 7.27. The molecule has 1 aromatic carbocycles. The molecule has 0 fully saturated rings. The van der Waals surface area contributed by atoms with Gasteiger partial charge in [0, 0.05) is 15.1 Å². The molecule has 0 aliphatic carbocycles. The second-order valence-electron chi connectivity index (χ2n) is 4.62. The van der Waals surface area contributed by atoms with Crippen LogP contribution in [0.5, 0.6) is 0 Å². The average molecular weight is 302 g/mol. The van der Waals surface area contributed by atoms with Gasteiger partial charge in [0.1, 0.15) is 0 Å². The number of fused-ring (bicyclic) bond motifs is 1. The third-order valence-corrected chi connectivity index (χ3v) is 5.24. The number of thiophene rings is 2. The van der Waals surface area contributed by atoms with Crippen LogP contribution in [-0.2, 0) is 0 Å². The van der Waals surface area contributed by atoms with E-state index in [4.69, 9.17) is 5.73 Å². The van der Waals surface area contributed by atoms with Crippen LogP contribution in [0.4, 0.5) is 5.69 Å². The molecule has 1 unspecified atom stereocenters. The molecule has 3 rings (SSSR count). The highest BCUT2D eigenvalue weighted by atomic mass is 32.1. The summed E-state index contributed by atoms with van der Waals surface area (Å²) in [5, 5.41) is 5.06. The number of anilines is 1. The van der Waals surface area contributed by atoms with Crippen LogP contribution in [0.3, 0.4) is 0 Å². The first-order valence-electron chi connectivity index (χ1n) is 6.27. The largest absolute Gasteiger partial charge is 0.399 e. The summed E-state index contributed by atoms with van der Waals surface area (Å²) in [6, 6.07) is 11.5. The Morgan fingerprint density at radius 1 is 1.20 bits per heavy atom. The lowest BCUT2D eigenvalue weighted by molar-refractivity contribution is 0.0944. The molecule has 2 aromatic heterocycles. The van der Waals surface area contributed by atoms with Crippen molar-refractivity contribution in [3.63, 3.8) is 0 Å². The predicted molar refractivity (Wildman–Crippen MR) is 86.4 cm³/mol. The van der Waals surface area contributed by atoms with E-state index in [1.54, 1.807) is 11.3 Å². The Balaban J connectivity index is 1.75. The van der Waals surface area contributed by atoms with E-state index in [1.807, 2.05) is 48.7 Å². The second kappa shape index (κ2) is 5.26. The molecule has 3 N–H and O–H groups in total. The fourth-order valence-electron chi connectivity index (χ4n) is 2.01. The molecule has 3 aromatic rings. The molecule has 20 heavy (non-hydrogen) atoms. The zero-order chi connectivity index (χ0) is 14.1.